The highest BCUT2D eigenvalue weighted by Gasteiger charge is 2.38. The van der Waals surface area contributed by atoms with Crippen molar-refractivity contribution in [3.8, 4) is 0 Å². The molecule has 1 heterocycles. The SMILES string of the molecule is CN(Cc1ccccc1Br)C(=O)C1NCCCC1(C)C. The molecule has 0 aromatic heterocycles. The zero-order chi connectivity index (χ0) is 14.8. The second-order valence-corrected chi connectivity index (χ2v) is 7.12. The molecule has 1 amide bonds. The van der Waals surface area contributed by atoms with Crippen molar-refractivity contribution in [3.63, 3.8) is 0 Å². The molecule has 1 aliphatic rings. The van der Waals surface area contributed by atoms with E-state index in [1.807, 2.05) is 36.2 Å². The Morgan fingerprint density at radius 1 is 1.45 bits per heavy atom. The molecule has 1 aromatic carbocycles. The summed E-state index contributed by atoms with van der Waals surface area (Å²) in [7, 11) is 1.88. The Bertz CT molecular complexity index is 487. The Balaban J connectivity index is 2.07. The third-order valence-corrected chi connectivity index (χ3v) is 4.89. The lowest BCUT2D eigenvalue weighted by Crippen LogP contribution is -2.55. The van der Waals surface area contributed by atoms with Gasteiger partial charge in [0.1, 0.15) is 0 Å². The van der Waals surface area contributed by atoms with E-state index >= 15 is 0 Å². The summed E-state index contributed by atoms with van der Waals surface area (Å²) < 4.78 is 1.05. The molecule has 0 radical (unpaired) electrons. The summed E-state index contributed by atoms with van der Waals surface area (Å²) in [6, 6.07) is 7.97. The van der Waals surface area contributed by atoms with Crippen molar-refractivity contribution in [1.82, 2.24) is 10.2 Å². The van der Waals surface area contributed by atoms with Gasteiger partial charge in [0.05, 0.1) is 6.04 Å². The first-order valence-corrected chi connectivity index (χ1v) is 7.93. The van der Waals surface area contributed by atoms with E-state index in [1.165, 1.54) is 0 Å². The van der Waals surface area contributed by atoms with Crippen LogP contribution in [-0.4, -0.2) is 30.4 Å². The molecule has 0 saturated carbocycles. The van der Waals surface area contributed by atoms with Crippen LogP contribution in [-0.2, 0) is 11.3 Å². The highest BCUT2D eigenvalue weighted by atomic mass is 79.9. The van der Waals surface area contributed by atoms with Crippen molar-refractivity contribution >= 4 is 21.8 Å². The maximum Gasteiger partial charge on any atom is 0.240 e. The summed E-state index contributed by atoms with van der Waals surface area (Å²) in [5, 5.41) is 3.39. The van der Waals surface area contributed by atoms with Gasteiger partial charge in [-0.05, 0) is 36.4 Å². The molecule has 1 unspecified atom stereocenters. The Kier molecular flexibility index (Phi) is 4.86. The normalized spacial score (nSPS) is 21.5. The lowest BCUT2D eigenvalue weighted by Gasteiger charge is -2.40. The highest BCUT2D eigenvalue weighted by Crippen LogP contribution is 2.31. The number of likely N-dealkylation sites (N-methyl/N-ethyl adjacent to an activating group) is 1. The van der Waals surface area contributed by atoms with Crippen LogP contribution in [0.4, 0.5) is 0 Å². The number of carbonyl (C=O) groups is 1. The Morgan fingerprint density at radius 3 is 2.80 bits per heavy atom. The third-order valence-electron chi connectivity index (χ3n) is 4.12. The molecule has 1 aromatic rings. The van der Waals surface area contributed by atoms with Gasteiger partial charge in [-0.3, -0.25) is 4.79 Å². The number of nitrogens with one attached hydrogen (secondary N) is 1. The first kappa shape index (κ1) is 15.5. The summed E-state index contributed by atoms with van der Waals surface area (Å²) >= 11 is 3.54. The van der Waals surface area contributed by atoms with E-state index in [-0.39, 0.29) is 17.4 Å². The molecule has 0 aliphatic carbocycles. The fourth-order valence-corrected chi connectivity index (χ4v) is 3.22. The van der Waals surface area contributed by atoms with Crippen molar-refractivity contribution in [1.29, 1.82) is 0 Å². The van der Waals surface area contributed by atoms with E-state index in [1.54, 1.807) is 0 Å². The van der Waals surface area contributed by atoms with Crippen LogP contribution in [0.3, 0.4) is 0 Å². The maximum atomic E-state index is 12.7. The van der Waals surface area contributed by atoms with Gasteiger partial charge in [-0.25, -0.2) is 0 Å². The van der Waals surface area contributed by atoms with Gasteiger partial charge in [0.2, 0.25) is 5.91 Å². The van der Waals surface area contributed by atoms with E-state index in [4.69, 9.17) is 0 Å². The number of benzene rings is 1. The van der Waals surface area contributed by atoms with Gasteiger partial charge in [-0.15, -0.1) is 0 Å². The molecule has 0 bridgehead atoms. The molecule has 4 heteroatoms. The fraction of sp³-hybridized carbons (Fsp3) is 0.562. The zero-order valence-corrected chi connectivity index (χ0v) is 14.0. The molecule has 2 rings (SSSR count). The summed E-state index contributed by atoms with van der Waals surface area (Å²) in [5.74, 6) is 0.186. The molecule has 3 nitrogen and oxygen atoms in total. The number of hydrogen-bond acceptors (Lipinski definition) is 2. The van der Waals surface area contributed by atoms with E-state index in [0.29, 0.717) is 6.54 Å². The van der Waals surface area contributed by atoms with Gasteiger partial charge in [0.15, 0.2) is 0 Å². The third kappa shape index (κ3) is 3.41. The van der Waals surface area contributed by atoms with E-state index in [0.717, 1.165) is 29.4 Å². The summed E-state index contributed by atoms with van der Waals surface area (Å²) in [6.45, 7) is 5.92. The molecule has 1 aliphatic heterocycles. The first-order valence-electron chi connectivity index (χ1n) is 7.13. The predicted molar refractivity (Wildman–Crippen MR) is 85.4 cm³/mol. The average molecular weight is 339 g/mol. The Labute approximate surface area is 129 Å². The lowest BCUT2D eigenvalue weighted by molar-refractivity contribution is -0.136. The van der Waals surface area contributed by atoms with E-state index < -0.39 is 0 Å². The van der Waals surface area contributed by atoms with Gasteiger partial charge >= 0.3 is 0 Å². The van der Waals surface area contributed by atoms with E-state index in [9.17, 15) is 4.79 Å². The average Bonchev–Trinajstić information content (AvgIpc) is 2.40. The van der Waals surface area contributed by atoms with Gasteiger partial charge < -0.3 is 10.2 Å². The standard InChI is InChI=1S/C16H23BrN2O/c1-16(2)9-6-10-18-14(16)15(20)19(3)11-12-7-4-5-8-13(12)17/h4-5,7-8,14,18H,6,9-11H2,1-3H3. The van der Waals surface area contributed by atoms with Gasteiger partial charge in [-0.1, -0.05) is 48.0 Å². The number of rotatable bonds is 3. The highest BCUT2D eigenvalue weighted by molar-refractivity contribution is 9.10. The van der Waals surface area contributed by atoms with Crippen LogP contribution in [0, 0.1) is 5.41 Å². The molecule has 20 heavy (non-hydrogen) atoms. The minimum atomic E-state index is -0.0799. The Hall–Kier alpha value is -0.870. The second kappa shape index (κ2) is 6.27. The number of amides is 1. The van der Waals surface area contributed by atoms with E-state index in [2.05, 4.69) is 35.1 Å². The Morgan fingerprint density at radius 2 is 2.15 bits per heavy atom. The molecule has 1 atom stereocenters. The summed E-state index contributed by atoms with van der Waals surface area (Å²) in [5.41, 5.74) is 1.16. The van der Waals surface area contributed by atoms with Gasteiger partial charge in [0.25, 0.3) is 0 Å². The zero-order valence-electron chi connectivity index (χ0n) is 12.4. The smallest absolute Gasteiger partial charge is 0.240 e. The van der Waals surface area contributed by atoms with Crippen LogP contribution >= 0.6 is 15.9 Å². The number of piperidine rings is 1. The molecule has 1 fully saturated rings. The van der Waals surface area contributed by atoms with Gasteiger partial charge in [0, 0.05) is 18.1 Å². The first-order chi connectivity index (χ1) is 9.42. The predicted octanol–water partition coefficient (Wildman–Crippen LogP) is 3.19. The van der Waals surface area contributed by atoms with Crippen LogP contribution in [0.25, 0.3) is 0 Å². The van der Waals surface area contributed by atoms with Crippen LogP contribution in [0.1, 0.15) is 32.3 Å². The minimum Gasteiger partial charge on any atom is -0.340 e. The monoisotopic (exact) mass is 338 g/mol. The van der Waals surface area contributed by atoms with Crippen LogP contribution < -0.4 is 5.32 Å². The molecule has 1 saturated heterocycles. The minimum absolute atomic E-state index is 0.0253. The topological polar surface area (TPSA) is 32.3 Å². The molecule has 1 N–H and O–H groups in total. The summed E-state index contributed by atoms with van der Waals surface area (Å²) in [4.78, 5) is 14.5. The summed E-state index contributed by atoms with van der Waals surface area (Å²) in [6.07, 6.45) is 2.24. The lowest BCUT2D eigenvalue weighted by atomic mass is 9.77. The number of halogens is 1. The van der Waals surface area contributed by atoms with Crippen molar-refractivity contribution in [2.24, 2.45) is 5.41 Å². The maximum absolute atomic E-state index is 12.7. The fourth-order valence-electron chi connectivity index (χ4n) is 2.81. The molecular weight excluding hydrogens is 316 g/mol. The number of nitrogens with zero attached hydrogens (tertiary/aromatic N) is 1. The van der Waals surface area contributed by atoms with Crippen molar-refractivity contribution in [2.45, 2.75) is 39.3 Å². The molecule has 0 spiro atoms. The van der Waals surface area contributed by atoms with Crippen LogP contribution in [0.5, 0.6) is 0 Å². The van der Waals surface area contributed by atoms with Crippen LogP contribution in [0.2, 0.25) is 0 Å². The number of hydrogen-bond donors (Lipinski definition) is 1. The number of carbonyl (C=O) groups excluding carboxylic acids is 1. The van der Waals surface area contributed by atoms with Gasteiger partial charge in [-0.2, -0.15) is 0 Å². The molecule has 110 valence electrons. The van der Waals surface area contributed by atoms with Crippen molar-refractivity contribution < 1.29 is 4.79 Å². The van der Waals surface area contributed by atoms with Crippen LogP contribution in [0.15, 0.2) is 28.7 Å². The van der Waals surface area contributed by atoms with Crippen molar-refractivity contribution in [2.75, 3.05) is 13.6 Å². The largest absolute Gasteiger partial charge is 0.340 e. The second-order valence-electron chi connectivity index (χ2n) is 6.26. The molecular formula is C16H23BrN2O. The quantitative estimate of drug-likeness (QED) is 0.917. The van der Waals surface area contributed by atoms with Crippen molar-refractivity contribution in [3.05, 3.63) is 34.3 Å².